The maximum atomic E-state index is 14.1. The molecule has 2 atom stereocenters. The van der Waals surface area contributed by atoms with Gasteiger partial charge >= 0.3 is 0 Å². The monoisotopic (exact) mass is 534 g/mol. The molecule has 5 heteroatoms. The number of hydrogen-bond acceptors (Lipinski definition) is 3. The van der Waals surface area contributed by atoms with Gasteiger partial charge in [-0.15, -0.1) is 0 Å². The maximum absolute atomic E-state index is 14.1. The summed E-state index contributed by atoms with van der Waals surface area (Å²) in [6.45, 7) is -0.307. The van der Waals surface area contributed by atoms with Crippen LogP contribution in [0.25, 0.3) is 10.8 Å². The van der Waals surface area contributed by atoms with Gasteiger partial charge in [0.2, 0.25) is 11.8 Å². The van der Waals surface area contributed by atoms with Crippen molar-refractivity contribution < 1.29 is 14.4 Å². The largest absolute Gasteiger partial charge is 0.280 e. The van der Waals surface area contributed by atoms with E-state index in [0.717, 1.165) is 33.0 Å². The third-order valence-corrected chi connectivity index (χ3v) is 9.09. The molecule has 0 N–H and O–H groups in total. The second-order valence-corrected chi connectivity index (χ2v) is 11.1. The number of amides is 3. The molecule has 3 aliphatic carbocycles. The molecule has 5 aromatic rings. The van der Waals surface area contributed by atoms with Crippen molar-refractivity contribution in [3.8, 4) is 0 Å². The van der Waals surface area contributed by atoms with Gasteiger partial charge in [-0.1, -0.05) is 97.1 Å². The molecule has 198 valence electrons. The Bertz CT molecular complexity index is 1770. The smallest absolute Gasteiger partial charge is 0.251 e. The molecule has 0 saturated carbocycles. The van der Waals surface area contributed by atoms with Crippen LogP contribution in [0.3, 0.4) is 0 Å². The van der Waals surface area contributed by atoms with Crippen molar-refractivity contribution in [1.29, 1.82) is 0 Å². The summed E-state index contributed by atoms with van der Waals surface area (Å²) in [6, 6.07) is 39.6. The minimum Gasteiger partial charge on any atom is -0.280 e. The van der Waals surface area contributed by atoms with Gasteiger partial charge in [-0.05, 0) is 57.3 Å². The highest BCUT2D eigenvalue weighted by atomic mass is 16.2. The zero-order valence-corrected chi connectivity index (χ0v) is 22.2. The quantitative estimate of drug-likeness (QED) is 0.251. The highest BCUT2D eigenvalue weighted by molar-refractivity contribution is 6.12. The predicted octanol–water partition coefficient (Wildman–Crippen LogP) is 6.40. The lowest BCUT2D eigenvalue weighted by Crippen LogP contribution is -2.41. The molecular weight excluding hydrogens is 508 g/mol. The van der Waals surface area contributed by atoms with E-state index in [4.69, 9.17) is 0 Å². The summed E-state index contributed by atoms with van der Waals surface area (Å²) in [5, 5.41) is 2.07. The van der Waals surface area contributed by atoms with Gasteiger partial charge in [0.05, 0.1) is 11.8 Å². The van der Waals surface area contributed by atoms with Crippen molar-refractivity contribution in [3.63, 3.8) is 0 Å². The van der Waals surface area contributed by atoms with Crippen molar-refractivity contribution in [1.82, 2.24) is 4.90 Å². The average molecular weight is 535 g/mol. The Kier molecular flexibility index (Phi) is 5.23. The van der Waals surface area contributed by atoms with Crippen LogP contribution in [0.4, 0.5) is 11.4 Å². The van der Waals surface area contributed by atoms with E-state index < -0.39 is 11.8 Å². The highest BCUT2D eigenvalue weighted by Gasteiger charge is 2.61. The predicted molar refractivity (Wildman–Crippen MR) is 158 cm³/mol. The van der Waals surface area contributed by atoms with Crippen LogP contribution in [-0.4, -0.2) is 29.2 Å². The summed E-state index contributed by atoms with van der Waals surface area (Å²) in [7, 11) is 0. The first-order valence-electron chi connectivity index (χ1n) is 14.0. The Balaban J connectivity index is 1.18. The molecule has 4 aliphatic rings. The van der Waals surface area contributed by atoms with Gasteiger partial charge in [0.15, 0.2) is 0 Å². The Morgan fingerprint density at radius 2 is 1.05 bits per heavy atom. The van der Waals surface area contributed by atoms with Crippen LogP contribution in [-0.2, 0) is 14.4 Å². The molecule has 0 radical (unpaired) electrons. The number of fused-ring (bicyclic) bond motifs is 1. The first kappa shape index (κ1) is 23.8. The topological polar surface area (TPSA) is 57.7 Å². The number of anilines is 2. The minimum absolute atomic E-state index is 0.195. The average Bonchev–Trinajstić information content (AvgIpc) is 3.27. The zero-order valence-electron chi connectivity index (χ0n) is 22.2. The molecule has 0 aromatic heterocycles. The van der Waals surface area contributed by atoms with Crippen LogP contribution < -0.4 is 4.90 Å². The Labute approximate surface area is 237 Å². The zero-order chi connectivity index (χ0) is 27.7. The van der Waals surface area contributed by atoms with Crippen molar-refractivity contribution in [3.05, 3.63) is 144 Å². The van der Waals surface area contributed by atoms with Crippen LogP contribution >= 0.6 is 0 Å². The molecule has 41 heavy (non-hydrogen) atoms. The van der Waals surface area contributed by atoms with E-state index in [1.165, 1.54) is 4.90 Å². The summed E-state index contributed by atoms with van der Waals surface area (Å²) in [6.07, 6.45) is 0. The van der Waals surface area contributed by atoms with Crippen molar-refractivity contribution in [2.45, 2.75) is 11.8 Å². The van der Waals surface area contributed by atoms with Gasteiger partial charge in [0.1, 0.15) is 6.54 Å². The van der Waals surface area contributed by atoms with E-state index in [1.807, 2.05) is 97.1 Å². The third kappa shape index (κ3) is 3.45. The third-order valence-electron chi connectivity index (χ3n) is 9.09. The molecule has 1 saturated heterocycles. The number of benzene rings is 5. The van der Waals surface area contributed by atoms with Crippen molar-refractivity contribution in [2.24, 2.45) is 11.8 Å². The Morgan fingerprint density at radius 3 is 1.61 bits per heavy atom. The normalized spacial score (nSPS) is 21.9. The molecule has 1 aliphatic heterocycles. The van der Waals surface area contributed by atoms with Gasteiger partial charge in [-0.3, -0.25) is 24.2 Å². The van der Waals surface area contributed by atoms with Crippen LogP contribution in [0.5, 0.6) is 0 Å². The summed E-state index contributed by atoms with van der Waals surface area (Å²) in [5.41, 5.74) is 5.85. The summed E-state index contributed by atoms with van der Waals surface area (Å²) in [4.78, 5) is 45.2. The molecule has 3 amide bonds. The van der Waals surface area contributed by atoms with Gasteiger partial charge in [-0.2, -0.15) is 0 Å². The molecule has 2 bridgehead atoms. The molecule has 5 aromatic carbocycles. The van der Waals surface area contributed by atoms with Gasteiger partial charge in [0.25, 0.3) is 5.91 Å². The number of para-hydroxylation sites is 1. The lowest BCUT2D eigenvalue weighted by Gasteiger charge is -2.45. The number of imide groups is 1. The second kappa shape index (κ2) is 9.00. The number of likely N-dealkylation sites (tertiary alicyclic amines) is 1. The number of carbonyl (C=O) groups excluding carboxylic acids is 3. The van der Waals surface area contributed by atoms with Crippen LogP contribution in [0.1, 0.15) is 34.1 Å². The number of carbonyl (C=O) groups is 3. The summed E-state index contributed by atoms with van der Waals surface area (Å²) < 4.78 is 0. The molecule has 1 fully saturated rings. The van der Waals surface area contributed by atoms with E-state index in [1.54, 1.807) is 4.90 Å². The summed E-state index contributed by atoms with van der Waals surface area (Å²) in [5.74, 6) is -2.22. The van der Waals surface area contributed by atoms with Gasteiger partial charge in [0, 0.05) is 23.2 Å². The van der Waals surface area contributed by atoms with Crippen LogP contribution in [0, 0.1) is 11.8 Å². The molecular formula is C36H26N2O3. The standard InChI is InChI=1S/C36H26N2O3/c39-30(38(24-12-2-1-3-13-24)25-19-18-22-10-4-5-11-23(22)20-25)21-37-35(40)33-31-26-14-6-7-15-27(26)32(34(33)36(37)41)29-17-9-8-16-28(29)31/h1-20,31-34H,21H2/t31?,32?,33-,34-/m0/s1. The van der Waals surface area contributed by atoms with E-state index in [9.17, 15) is 14.4 Å². The molecule has 0 spiro atoms. The minimum atomic E-state index is -0.504. The van der Waals surface area contributed by atoms with Gasteiger partial charge in [-0.25, -0.2) is 0 Å². The number of nitrogens with zero attached hydrogens (tertiary/aromatic N) is 2. The van der Waals surface area contributed by atoms with E-state index in [0.29, 0.717) is 11.4 Å². The maximum Gasteiger partial charge on any atom is 0.251 e. The molecule has 5 nitrogen and oxygen atoms in total. The fourth-order valence-electron chi connectivity index (χ4n) is 7.43. The Morgan fingerprint density at radius 1 is 0.561 bits per heavy atom. The first-order chi connectivity index (χ1) is 20.1. The fraction of sp³-hybridized carbons (Fsp3) is 0.139. The summed E-state index contributed by atoms with van der Waals surface area (Å²) >= 11 is 0. The van der Waals surface area contributed by atoms with E-state index >= 15 is 0 Å². The van der Waals surface area contributed by atoms with Crippen LogP contribution in [0.2, 0.25) is 0 Å². The molecule has 9 rings (SSSR count). The second-order valence-electron chi connectivity index (χ2n) is 11.1. The first-order valence-corrected chi connectivity index (χ1v) is 14.0. The fourth-order valence-corrected chi connectivity index (χ4v) is 7.43. The number of hydrogen-bond donors (Lipinski definition) is 0. The van der Waals surface area contributed by atoms with Crippen LogP contribution in [0.15, 0.2) is 121 Å². The number of rotatable bonds is 4. The lowest BCUT2D eigenvalue weighted by atomic mass is 9.55. The van der Waals surface area contributed by atoms with Crippen molar-refractivity contribution >= 4 is 39.9 Å². The van der Waals surface area contributed by atoms with Crippen molar-refractivity contribution in [2.75, 3.05) is 11.4 Å². The molecule has 0 unspecified atom stereocenters. The van der Waals surface area contributed by atoms with E-state index in [-0.39, 0.29) is 36.1 Å². The lowest BCUT2D eigenvalue weighted by molar-refractivity contribution is -0.143. The highest BCUT2D eigenvalue weighted by Crippen LogP contribution is 2.60. The Hall–Kier alpha value is -5.03. The molecule has 1 heterocycles. The van der Waals surface area contributed by atoms with Gasteiger partial charge < -0.3 is 0 Å². The van der Waals surface area contributed by atoms with E-state index in [2.05, 4.69) is 24.3 Å². The SMILES string of the molecule is O=C1[C@H]2C3c4ccccc4C(c4ccccc43)[C@@H]2C(=O)N1CC(=O)N(c1ccccc1)c1ccc2ccccc2c1.